The SMILES string of the molecule is CSCCN(C)Cc1cc(CNC(C)(C)C)oc1C. The van der Waals surface area contributed by atoms with Crippen LogP contribution in [0.5, 0.6) is 0 Å². The number of nitrogens with one attached hydrogen (secondary N) is 1. The second-order valence-corrected chi connectivity index (χ2v) is 7.11. The Morgan fingerprint density at radius 2 is 2.05 bits per heavy atom. The Morgan fingerprint density at radius 1 is 1.37 bits per heavy atom. The first-order valence-electron chi connectivity index (χ1n) is 6.82. The van der Waals surface area contributed by atoms with Crippen molar-refractivity contribution in [2.75, 3.05) is 25.6 Å². The summed E-state index contributed by atoms with van der Waals surface area (Å²) in [4.78, 5) is 2.34. The third-order valence-electron chi connectivity index (χ3n) is 2.98. The number of hydrogen-bond donors (Lipinski definition) is 1. The topological polar surface area (TPSA) is 28.4 Å². The average Bonchev–Trinajstić information content (AvgIpc) is 2.64. The fourth-order valence-corrected chi connectivity index (χ4v) is 2.30. The molecule has 0 unspecified atom stereocenters. The minimum atomic E-state index is 0.121. The molecule has 1 rings (SSSR count). The third kappa shape index (κ3) is 6.50. The quantitative estimate of drug-likeness (QED) is 0.832. The lowest BCUT2D eigenvalue weighted by Crippen LogP contribution is -2.34. The summed E-state index contributed by atoms with van der Waals surface area (Å²) in [6.07, 6.45) is 2.15. The molecule has 19 heavy (non-hydrogen) atoms. The van der Waals surface area contributed by atoms with Crippen molar-refractivity contribution in [1.29, 1.82) is 0 Å². The smallest absolute Gasteiger partial charge is 0.118 e. The van der Waals surface area contributed by atoms with Crippen LogP contribution < -0.4 is 5.32 Å². The fourth-order valence-electron chi connectivity index (χ4n) is 1.80. The molecule has 0 atom stereocenters. The van der Waals surface area contributed by atoms with E-state index in [1.54, 1.807) is 0 Å². The summed E-state index contributed by atoms with van der Waals surface area (Å²) >= 11 is 1.89. The van der Waals surface area contributed by atoms with Gasteiger partial charge in [0.15, 0.2) is 0 Å². The molecule has 0 saturated carbocycles. The predicted octanol–water partition coefficient (Wildman–Crippen LogP) is 3.27. The van der Waals surface area contributed by atoms with E-state index in [9.17, 15) is 0 Å². The Kier molecular flexibility index (Phi) is 6.43. The van der Waals surface area contributed by atoms with Gasteiger partial charge in [0.1, 0.15) is 11.5 Å². The molecule has 0 amide bonds. The molecule has 4 heteroatoms. The molecule has 0 aliphatic rings. The molecule has 0 spiro atoms. The molecule has 1 N–H and O–H groups in total. The Bertz CT molecular complexity index is 382. The van der Waals surface area contributed by atoms with E-state index in [2.05, 4.69) is 57.3 Å². The Morgan fingerprint density at radius 3 is 2.63 bits per heavy atom. The van der Waals surface area contributed by atoms with Gasteiger partial charge >= 0.3 is 0 Å². The van der Waals surface area contributed by atoms with Gasteiger partial charge in [-0.2, -0.15) is 11.8 Å². The summed E-state index contributed by atoms with van der Waals surface area (Å²) in [6.45, 7) is 11.4. The minimum Gasteiger partial charge on any atom is -0.465 e. The van der Waals surface area contributed by atoms with E-state index in [4.69, 9.17) is 4.42 Å². The third-order valence-corrected chi connectivity index (χ3v) is 3.57. The zero-order valence-electron chi connectivity index (χ0n) is 13.2. The van der Waals surface area contributed by atoms with E-state index in [1.807, 2.05) is 11.8 Å². The van der Waals surface area contributed by atoms with Crippen molar-refractivity contribution < 1.29 is 4.42 Å². The second kappa shape index (κ2) is 7.36. The van der Waals surface area contributed by atoms with Crippen molar-refractivity contribution in [2.24, 2.45) is 0 Å². The molecule has 1 aromatic heterocycles. The second-order valence-electron chi connectivity index (χ2n) is 6.13. The first-order valence-corrected chi connectivity index (χ1v) is 8.22. The van der Waals surface area contributed by atoms with Gasteiger partial charge in [0, 0.05) is 29.9 Å². The first kappa shape index (κ1) is 16.6. The summed E-state index contributed by atoms with van der Waals surface area (Å²) in [6, 6.07) is 2.18. The van der Waals surface area contributed by atoms with Gasteiger partial charge in [0.05, 0.1) is 6.54 Å². The lowest BCUT2D eigenvalue weighted by atomic mass is 10.1. The number of hydrogen-bond acceptors (Lipinski definition) is 4. The van der Waals surface area contributed by atoms with Crippen LogP contribution in [-0.4, -0.2) is 36.0 Å². The summed E-state index contributed by atoms with van der Waals surface area (Å²) in [7, 11) is 2.16. The molecule has 1 aromatic rings. The molecule has 0 radical (unpaired) electrons. The number of aryl methyl sites for hydroxylation is 1. The standard InChI is InChI=1S/C15H28N2OS/c1-12-13(11-17(5)7-8-19-6)9-14(18-12)10-16-15(2,3)4/h9,16H,7-8,10-11H2,1-6H3. The molecular formula is C15H28N2OS. The van der Waals surface area contributed by atoms with Gasteiger partial charge in [-0.1, -0.05) is 0 Å². The fraction of sp³-hybridized carbons (Fsp3) is 0.733. The van der Waals surface area contributed by atoms with E-state index >= 15 is 0 Å². The summed E-state index contributed by atoms with van der Waals surface area (Å²) in [5.41, 5.74) is 1.42. The maximum absolute atomic E-state index is 5.82. The molecule has 3 nitrogen and oxygen atoms in total. The van der Waals surface area contributed by atoms with Crippen LogP contribution in [-0.2, 0) is 13.1 Å². The molecule has 1 heterocycles. The maximum atomic E-state index is 5.82. The van der Waals surface area contributed by atoms with Gasteiger partial charge in [0.25, 0.3) is 0 Å². The van der Waals surface area contributed by atoms with Gasteiger partial charge < -0.3 is 14.6 Å². The molecule has 0 aliphatic carbocycles. The highest BCUT2D eigenvalue weighted by Crippen LogP contribution is 2.17. The van der Waals surface area contributed by atoms with Gasteiger partial charge in [0.2, 0.25) is 0 Å². The molecular weight excluding hydrogens is 256 g/mol. The first-order chi connectivity index (χ1) is 8.81. The van der Waals surface area contributed by atoms with Crippen LogP contribution in [0.4, 0.5) is 0 Å². The average molecular weight is 284 g/mol. The number of furan rings is 1. The lowest BCUT2D eigenvalue weighted by molar-refractivity contribution is 0.344. The highest BCUT2D eigenvalue weighted by Gasteiger charge is 2.13. The highest BCUT2D eigenvalue weighted by atomic mass is 32.2. The van der Waals surface area contributed by atoms with Crippen LogP contribution in [0.25, 0.3) is 0 Å². The number of nitrogens with zero attached hydrogens (tertiary/aromatic N) is 1. The van der Waals surface area contributed by atoms with Gasteiger partial charge in [-0.25, -0.2) is 0 Å². The molecule has 0 bridgehead atoms. The largest absolute Gasteiger partial charge is 0.465 e. The van der Waals surface area contributed by atoms with Crippen molar-refractivity contribution in [2.45, 2.75) is 46.3 Å². The van der Waals surface area contributed by atoms with Crippen LogP contribution in [0.2, 0.25) is 0 Å². The number of rotatable bonds is 7. The van der Waals surface area contributed by atoms with E-state index in [-0.39, 0.29) is 5.54 Å². The Hall–Kier alpha value is -0.450. The highest BCUT2D eigenvalue weighted by molar-refractivity contribution is 7.98. The van der Waals surface area contributed by atoms with E-state index in [1.165, 1.54) is 11.3 Å². The van der Waals surface area contributed by atoms with Crippen LogP contribution in [0, 0.1) is 6.92 Å². The number of thioether (sulfide) groups is 1. The van der Waals surface area contributed by atoms with Gasteiger partial charge in [-0.15, -0.1) is 0 Å². The molecule has 0 aliphatic heterocycles. The molecule has 0 fully saturated rings. The van der Waals surface area contributed by atoms with Crippen molar-refractivity contribution in [3.8, 4) is 0 Å². The Balaban J connectivity index is 2.54. The van der Waals surface area contributed by atoms with Crippen molar-refractivity contribution in [1.82, 2.24) is 10.2 Å². The molecule has 110 valence electrons. The van der Waals surface area contributed by atoms with E-state index < -0.39 is 0 Å². The lowest BCUT2D eigenvalue weighted by Gasteiger charge is -2.19. The van der Waals surface area contributed by atoms with Crippen LogP contribution in [0.1, 0.15) is 37.9 Å². The van der Waals surface area contributed by atoms with Crippen LogP contribution in [0.3, 0.4) is 0 Å². The Labute approximate surface area is 122 Å². The van der Waals surface area contributed by atoms with Crippen molar-refractivity contribution in [3.63, 3.8) is 0 Å². The van der Waals surface area contributed by atoms with Gasteiger partial charge in [-0.3, -0.25) is 0 Å². The van der Waals surface area contributed by atoms with Gasteiger partial charge in [-0.05, 0) is 47.1 Å². The summed E-state index contributed by atoms with van der Waals surface area (Å²) in [5, 5.41) is 3.46. The predicted molar refractivity (Wildman–Crippen MR) is 84.8 cm³/mol. The van der Waals surface area contributed by atoms with Crippen LogP contribution >= 0.6 is 11.8 Å². The van der Waals surface area contributed by atoms with Crippen LogP contribution in [0.15, 0.2) is 10.5 Å². The van der Waals surface area contributed by atoms with E-state index in [0.717, 1.165) is 31.2 Å². The van der Waals surface area contributed by atoms with Crippen molar-refractivity contribution >= 4 is 11.8 Å². The maximum Gasteiger partial charge on any atom is 0.118 e. The zero-order chi connectivity index (χ0) is 14.5. The zero-order valence-corrected chi connectivity index (χ0v) is 14.0. The van der Waals surface area contributed by atoms with Crippen molar-refractivity contribution in [3.05, 3.63) is 23.2 Å². The monoisotopic (exact) mass is 284 g/mol. The van der Waals surface area contributed by atoms with E-state index in [0.29, 0.717) is 0 Å². The summed E-state index contributed by atoms with van der Waals surface area (Å²) in [5.74, 6) is 3.24. The minimum absolute atomic E-state index is 0.121. The summed E-state index contributed by atoms with van der Waals surface area (Å²) < 4.78 is 5.82. The molecule has 0 saturated heterocycles. The molecule has 0 aromatic carbocycles. The normalized spacial score (nSPS) is 12.4.